The van der Waals surface area contributed by atoms with E-state index in [2.05, 4.69) is 4.98 Å². The fraction of sp³-hybridized carbons (Fsp3) is 0.360. The van der Waals surface area contributed by atoms with Crippen LogP contribution in [-0.4, -0.2) is 36.9 Å². The molecule has 0 unspecified atom stereocenters. The molecule has 32 heavy (non-hydrogen) atoms. The Labute approximate surface area is 185 Å². The summed E-state index contributed by atoms with van der Waals surface area (Å²) in [5.74, 6) is 1.64. The van der Waals surface area contributed by atoms with Crippen LogP contribution in [0.2, 0.25) is 0 Å². The molecule has 1 amide bonds. The van der Waals surface area contributed by atoms with Crippen LogP contribution in [0.4, 0.5) is 0 Å². The molecule has 1 atom stereocenters. The van der Waals surface area contributed by atoms with E-state index < -0.39 is 0 Å². The molecule has 7 nitrogen and oxygen atoms in total. The number of H-pyrrole nitrogens is 1. The first-order chi connectivity index (χ1) is 15.7. The molecule has 0 bridgehead atoms. The highest BCUT2D eigenvalue weighted by molar-refractivity contribution is 5.98. The lowest BCUT2D eigenvalue weighted by Crippen LogP contribution is -2.31. The van der Waals surface area contributed by atoms with Crippen LogP contribution < -0.4 is 5.56 Å². The summed E-state index contributed by atoms with van der Waals surface area (Å²) in [6.07, 6.45) is 5.79. The predicted molar refractivity (Wildman–Crippen MR) is 123 cm³/mol. The van der Waals surface area contributed by atoms with Crippen molar-refractivity contribution in [3.8, 4) is 0 Å². The zero-order valence-corrected chi connectivity index (χ0v) is 17.9. The summed E-state index contributed by atoms with van der Waals surface area (Å²) in [5, 5.41) is 0.586. The van der Waals surface area contributed by atoms with Gasteiger partial charge in [0.05, 0.1) is 28.0 Å². The normalized spacial score (nSPS) is 18.8. The van der Waals surface area contributed by atoms with Gasteiger partial charge >= 0.3 is 0 Å². The van der Waals surface area contributed by atoms with Crippen molar-refractivity contribution < 1.29 is 4.79 Å². The van der Waals surface area contributed by atoms with E-state index >= 15 is 0 Å². The minimum atomic E-state index is -0.0729. The van der Waals surface area contributed by atoms with E-state index in [1.54, 1.807) is 18.2 Å². The molecule has 7 heteroatoms. The molecule has 0 aliphatic carbocycles. The molecule has 0 radical (unpaired) electrons. The molecule has 162 valence electrons. The van der Waals surface area contributed by atoms with Crippen molar-refractivity contribution in [2.75, 3.05) is 6.54 Å². The molecular weight excluding hydrogens is 402 g/mol. The molecule has 2 aliphatic heterocycles. The van der Waals surface area contributed by atoms with Crippen LogP contribution in [0.25, 0.3) is 21.9 Å². The Balaban J connectivity index is 1.36. The third kappa shape index (κ3) is 3.11. The van der Waals surface area contributed by atoms with E-state index in [0.29, 0.717) is 23.0 Å². The van der Waals surface area contributed by atoms with Gasteiger partial charge in [-0.1, -0.05) is 18.6 Å². The third-order valence-electron chi connectivity index (χ3n) is 6.80. The number of para-hydroxylation sites is 2. The number of fused-ring (bicyclic) bond motifs is 3. The molecule has 1 saturated heterocycles. The summed E-state index contributed by atoms with van der Waals surface area (Å²) in [4.78, 5) is 41.3. The lowest BCUT2D eigenvalue weighted by atomic mass is 10.1. The summed E-state index contributed by atoms with van der Waals surface area (Å²) in [5.41, 5.74) is 3.10. The van der Waals surface area contributed by atoms with Gasteiger partial charge in [-0.25, -0.2) is 9.97 Å². The van der Waals surface area contributed by atoms with Crippen molar-refractivity contribution >= 4 is 27.8 Å². The van der Waals surface area contributed by atoms with Gasteiger partial charge in [0.25, 0.3) is 11.5 Å². The van der Waals surface area contributed by atoms with Crippen LogP contribution in [0.5, 0.6) is 0 Å². The van der Waals surface area contributed by atoms with Crippen molar-refractivity contribution in [2.24, 2.45) is 0 Å². The highest BCUT2D eigenvalue weighted by Crippen LogP contribution is 2.33. The van der Waals surface area contributed by atoms with Crippen molar-refractivity contribution in [1.82, 2.24) is 24.4 Å². The minimum absolute atomic E-state index is 0.00669. The largest absolute Gasteiger partial charge is 0.340 e. The average molecular weight is 428 g/mol. The van der Waals surface area contributed by atoms with Crippen molar-refractivity contribution in [2.45, 2.75) is 51.1 Å². The smallest absolute Gasteiger partial charge is 0.261 e. The SMILES string of the molecule is O=C(c1ccc2c(=O)n3c(nc2c1)CCCCC3)N1CCC[C@H]1c1nc2ccccc2[nH]1. The first kappa shape index (κ1) is 19.2. The second-order valence-electron chi connectivity index (χ2n) is 8.82. The Hall–Kier alpha value is -3.48. The number of aromatic nitrogens is 4. The number of hydrogen-bond acceptors (Lipinski definition) is 4. The molecule has 2 aromatic carbocycles. The van der Waals surface area contributed by atoms with E-state index in [1.165, 1.54) is 0 Å². The zero-order chi connectivity index (χ0) is 21.7. The van der Waals surface area contributed by atoms with E-state index in [4.69, 9.17) is 9.97 Å². The second-order valence-corrected chi connectivity index (χ2v) is 8.82. The minimum Gasteiger partial charge on any atom is -0.340 e. The second kappa shape index (κ2) is 7.58. The van der Waals surface area contributed by atoms with Crippen LogP contribution in [0, 0.1) is 0 Å². The zero-order valence-electron chi connectivity index (χ0n) is 17.9. The molecule has 1 N–H and O–H groups in total. The standard InChI is InChI=1S/C25H25N5O2/c31-24(29-14-6-9-21(29)23-27-18-7-3-4-8-19(18)28-23)16-11-12-17-20(15-16)26-22-10-2-1-5-13-30(22)25(17)32/h3-4,7-8,11-12,15,21H,1-2,5-6,9-10,13-14H2,(H,27,28)/t21-/m0/s1. The molecule has 4 aromatic rings. The number of aromatic amines is 1. The van der Waals surface area contributed by atoms with Crippen molar-refractivity contribution in [3.05, 3.63) is 70.0 Å². The lowest BCUT2D eigenvalue weighted by molar-refractivity contribution is 0.0730. The van der Waals surface area contributed by atoms with Gasteiger partial charge in [0.2, 0.25) is 0 Å². The fourth-order valence-electron chi connectivity index (χ4n) is 5.14. The van der Waals surface area contributed by atoms with Gasteiger partial charge in [0.15, 0.2) is 0 Å². The quantitative estimate of drug-likeness (QED) is 0.525. The molecule has 0 saturated carbocycles. The summed E-state index contributed by atoms with van der Waals surface area (Å²) >= 11 is 0. The number of carbonyl (C=O) groups excluding carboxylic acids is 1. The van der Waals surface area contributed by atoms with Gasteiger partial charge in [0, 0.05) is 25.1 Å². The van der Waals surface area contributed by atoms with Gasteiger partial charge in [-0.15, -0.1) is 0 Å². The Bertz CT molecular complexity index is 1370. The first-order valence-corrected chi connectivity index (χ1v) is 11.5. The number of imidazole rings is 1. The van der Waals surface area contributed by atoms with E-state index in [0.717, 1.165) is 67.8 Å². The third-order valence-corrected chi connectivity index (χ3v) is 6.80. The number of nitrogens with zero attached hydrogens (tertiary/aromatic N) is 4. The molecule has 6 rings (SSSR count). The summed E-state index contributed by atoms with van der Waals surface area (Å²) in [6, 6.07) is 13.2. The highest BCUT2D eigenvalue weighted by Gasteiger charge is 2.33. The maximum Gasteiger partial charge on any atom is 0.261 e. The monoisotopic (exact) mass is 427 g/mol. The Kier molecular flexibility index (Phi) is 4.56. The summed E-state index contributed by atoms with van der Waals surface area (Å²) in [7, 11) is 0. The molecule has 2 aliphatic rings. The molecule has 4 heterocycles. The van der Waals surface area contributed by atoms with Crippen LogP contribution in [0.3, 0.4) is 0 Å². The number of amides is 1. The number of benzene rings is 2. The number of nitrogens with one attached hydrogen (secondary N) is 1. The maximum absolute atomic E-state index is 13.5. The van der Waals surface area contributed by atoms with Crippen LogP contribution in [0.1, 0.15) is 60.2 Å². The Morgan fingerprint density at radius 1 is 0.969 bits per heavy atom. The average Bonchev–Trinajstić information content (AvgIpc) is 3.40. The van der Waals surface area contributed by atoms with Gasteiger partial charge < -0.3 is 9.88 Å². The number of carbonyl (C=O) groups is 1. The fourth-order valence-corrected chi connectivity index (χ4v) is 5.14. The van der Waals surface area contributed by atoms with Gasteiger partial charge in [-0.2, -0.15) is 0 Å². The number of aryl methyl sites for hydroxylation is 1. The molecule has 2 aromatic heterocycles. The van der Waals surface area contributed by atoms with Crippen molar-refractivity contribution in [3.63, 3.8) is 0 Å². The van der Waals surface area contributed by atoms with E-state index in [9.17, 15) is 9.59 Å². The highest BCUT2D eigenvalue weighted by atomic mass is 16.2. The molecule has 0 spiro atoms. The Morgan fingerprint density at radius 2 is 1.88 bits per heavy atom. The molecular formula is C25H25N5O2. The first-order valence-electron chi connectivity index (χ1n) is 11.5. The van der Waals surface area contributed by atoms with Gasteiger partial charge in [-0.05, 0) is 56.0 Å². The van der Waals surface area contributed by atoms with Gasteiger partial charge in [0.1, 0.15) is 11.6 Å². The van der Waals surface area contributed by atoms with Crippen LogP contribution in [0.15, 0.2) is 47.3 Å². The summed E-state index contributed by atoms with van der Waals surface area (Å²) < 4.78 is 1.81. The van der Waals surface area contributed by atoms with Crippen LogP contribution in [-0.2, 0) is 13.0 Å². The lowest BCUT2D eigenvalue weighted by Gasteiger charge is -2.23. The number of likely N-dealkylation sites (tertiary alicyclic amines) is 1. The van der Waals surface area contributed by atoms with E-state index in [1.807, 2.05) is 33.7 Å². The Morgan fingerprint density at radius 3 is 2.78 bits per heavy atom. The number of hydrogen-bond donors (Lipinski definition) is 1. The summed E-state index contributed by atoms with van der Waals surface area (Å²) in [6.45, 7) is 1.42. The van der Waals surface area contributed by atoms with Crippen LogP contribution >= 0.6 is 0 Å². The number of rotatable bonds is 2. The maximum atomic E-state index is 13.5. The molecule has 1 fully saturated rings. The van der Waals surface area contributed by atoms with E-state index in [-0.39, 0.29) is 17.5 Å². The predicted octanol–water partition coefficient (Wildman–Crippen LogP) is 3.98. The van der Waals surface area contributed by atoms with Crippen molar-refractivity contribution in [1.29, 1.82) is 0 Å². The topological polar surface area (TPSA) is 83.9 Å². The van der Waals surface area contributed by atoms with Gasteiger partial charge in [-0.3, -0.25) is 14.2 Å².